The van der Waals surface area contributed by atoms with Crippen LogP contribution in [0, 0.1) is 10.1 Å². The Morgan fingerprint density at radius 2 is 2.28 bits per heavy atom. The smallest absolute Gasteiger partial charge is 0.274 e. The van der Waals surface area contributed by atoms with E-state index in [0.717, 1.165) is 5.75 Å². The van der Waals surface area contributed by atoms with E-state index in [4.69, 9.17) is 5.73 Å². The lowest BCUT2D eigenvalue weighted by atomic mass is 10.1. The number of rotatable bonds is 6. The van der Waals surface area contributed by atoms with Crippen LogP contribution in [0.5, 0.6) is 0 Å². The van der Waals surface area contributed by atoms with Crippen LogP contribution in [0.1, 0.15) is 22.8 Å². The highest BCUT2D eigenvalue weighted by molar-refractivity contribution is 7.98. The highest BCUT2D eigenvalue weighted by Crippen LogP contribution is 2.24. The molecular weight excluding hydrogens is 252 g/mol. The molecule has 18 heavy (non-hydrogen) atoms. The van der Waals surface area contributed by atoms with E-state index in [1.807, 2.05) is 19.1 Å². The topological polar surface area (TPSA) is 86.2 Å². The molecule has 1 rings (SSSR count). The minimum atomic E-state index is -0.661. The number of nitro benzene ring substituents is 1. The number of amides is 1. The minimum absolute atomic E-state index is 0.0562. The Balaban J connectivity index is 2.90. The van der Waals surface area contributed by atoms with Gasteiger partial charge in [-0.25, -0.2) is 0 Å². The molecule has 0 aliphatic carbocycles. The zero-order valence-corrected chi connectivity index (χ0v) is 10.8. The molecule has 0 atom stereocenters. The van der Waals surface area contributed by atoms with Crippen molar-refractivity contribution in [3.63, 3.8) is 0 Å². The van der Waals surface area contributed by atoms with Crippen LogP contribution in [0.2, 0.25) is 0 Å². The molecule has 0 fully saturated rings. The average molecular weight is 266 g/mol. The first kappa shape index (κ1) is 14.2. The number of primary amides is 1. The first-order valence-electron chi connectivity index (χ1n) is 5.32. The summed E-state index contributed by atoms with van der Waals surface area (Å²) >= 11 is 1.57. The Morgan fingerprint density at radius 3 is 2.83 bits per heavy atom. The predicted molar refractivity (Wildman–Crippen MR) is 72.6 cm³/mol. The second-order valence-electron chi connectivity index (χ2n) is 3.55. The quantitative estimate of drug-likeness (QED) is 0.371. The number of allylic oxidation sites excluding steroid dienone is 1. The van der Waals surface area contributed by atoms with Crippen molar-refractivity contribution < 1.29 is 9.72 Å². The van der Waals surface area contributed by atoms with Gasteiger partial charge in [-0.1, -0.05) is 18.2 Å². The number of hydrogen-bond donors (Lipinski definition) is 1. The van der Waals surface area contributed by atoms with Crippen LogP contribution in [0.4, 0.5) is 5.69 Å². The van der Waals surface area contributed by atoms with Crippen molar-refractivity contribution in [3.8, 4) is 0 Å². The van der Waals surface area contributed by atoms with Gasteiger partial charge in [0.15, 0.2) is 0 Å². The summed E-state index contributed by atoms with van der Waals surface area (Å²) < 4.78 is 0. The summed E-state index contributed by atoms with van der Waals surface area (Å²) in [6.45, 7) is 1.92. The lowest BCUT2D eigenvalue weighted by Gasteiger charge is -2.03. The first-order chi connectivity index (χ1) is 8.56. The molecule has 0 radical (unpaired) electrons. The summed E-state index contributed by atoms with van der Waals surface area (Å²) in [5.41, 5.74) is 5.79. The Morgan fingerprint density at radius 1 is 1.56 bits per heavy atom. The van der Waals surface area contributed by atoms with Crippen molar-refractivity contribution in [3.05, 3.63) is 51.6 Å². The van der Waals surface area contributed by atoms with Crippen molar-refractivity contribution in [1.82, 2.24) is 0 Å². The van der Waals surface area contributed by atoms with Gasteiger partial charge in [-0.2, -0.15) is 11.8 Å². The molecular formula is C12H14N2O3S. The van der Waals surface area contributed by atoms with E-state index in [9.17, 15) is 14.9 Å². The van der Waals surface area contributed by atoms with Gasteiger partial charge in [-0.05, 0) is 13.0 Å². The van der Waals surface area contributed by atoms with Gasteiger partial charge < -0.3 is 5.73 Å². The number of carbonyl (C=O) groups is 1. The number of carbonyl (C=O) groups excluding carboxylic acids is 1. The second-order valence-corrected chi connectivity index (χ2v) is 4.58. The Hall–Kier alpha value is -1.82. The third kappa shape index (κ3) is 3.89. The fourth-order valence-corrected chi connectivity index (χ4v) is 2.25. The van der Waals surface area contributed by atoms with Crippen LogP contribution in [-0.2, 0) is 5.75 Å². The number of nitrogens with zero attached hydrogens (tertiary/aromatic N) is 1. The van der Waals surface area contributed by atoms with Crippen molar-refractivity contribution in [2.24, 2.45) is 5.73 Å². The van der Waals surface area contributed by atoms with Gasteiger partial charge in [0.2, 0.25) is 5.91 Å². The number of thioether (sulfide) groups is 1. The van der Waals surface area contributed by atoms with Gasteiger partial charge in [0.1, 0.15) is 0 Å². The Kier molecular flexibility index (Phi) is 5.38. The van der Waals surface area contributed by atoms with Gasteiger partial charge in [0.25, 0.3) is 5.69 Å². The first-order valence-corrected chi connectivity index (χ1v) is 6.47. The highest BCUT2D eigenvalue weighted by Gasteiger charge is 2.15. The number of benzene rings is 1. The Bertz CT molecular complexity index is 486. The fraction of sp³-hybridized carbons (Fsp3) is 0.250. The molecule has 0 saturated heterocycles. The van der Waals surface area contributed by atoms with Gasteiger partial charge in [-0.15, -0.1) is 0 Å². The van der Waals surface area contributed by atoms with E-state index in [-0.39, 0.29) is 11.3 Å². The normalized spacial score (nSPS) is 10.7. The van der Waals surface area contributed by atoms with Crippen LogP contribution in [0.3, 0.4) is 0 Å². The summed E-state index contributed by atoms with van der Waals surface area (Å²) in [5, 5.41) is 10.9. The maximum atomic E-state index is 11.0. The maximum absolute atomic E-state index is 11.0. The highest BCUT2D eigenvalue weighted by atomic mass is 32.2. The predicted octanol–water partition coefficient (Wildman–Crippen LogP) is 2.50. The number of nitrogens with two attached hydrogens (primary N) is 1. The third-order valence-corrected chi connectivity index (χ3v) is 3.22. The van der Waals surface area contributed by atoms with Crippen LogP contribution in [-0.4, -0.2) is 16.6 Å². The third-order valence-electron chi connectivity index (χ3n) is 2.27. The molecule has 0 aromatic heterocycles. The van der Waals surface area contributed by atoms with E-state index in [1.54, 1.807) is 17.8 Å². The van der Waals surface area contributed by atoms with Crippen LogP contribution < -0.4 is 5.73 Å². The molecule has 6 heteroatoms. The largest absolute Gasteiger partial charge is 0.366 e. The van der Waals surface area contributed by atoms with E-state index >= 15 is 0 Å². The van der Waals surface area contributed by atoms with E-state index in [2.05, 4.69) is 0 Å². The second kappa shape index (κ2) is 6.80. The summed E-state index contributed by atoms with van der Waals surface area (Å²) in [5.74, 6) is 0.663. The lowest BCUT2D eigenvalue weighted by molar-refractivity contribution is -0.385. The molecule has 2 N–H and O–H groups in total. The fourth-order valence-electron chi connectivity index (χ4n) is 1.34. The van der Waals surface area contributed by atoms with Crippen molar-refractivity contribution in [1.29, 1.82) is 0 Å². The minimum Gasteiger partial charge on any atom is -0.366 e. The molecule has 0 heterocycles. The van der Waals surface area contributed by atoms with Gasteiger partial charge in [0.05, 0.1) is 4.92 Å². The molecule has 5 nitrogen and oxygen atoms in total. The molecule has 0 aliphatic heterocycles. The van der Waals surface area contributed by atoms with Gasteiger partial charge >= 0.3 is 0 Å². The average Bonchev–Trinajstić information content (AvgIpc) is 2.34. The van der Waals surface area contributed by atoms with E-state index in [0.29, 0.717) is 11.3 Å². The summed E-state index contributed by atoms with van der Waals surface area (Å²) in [6, 6.07) is 4.33. The van der Waals surface area contributed by atoms with Crippen LogP contribution >= 0.6 is 11.8 Å². The number of nitro groups is 1. The SMILES string of the molecule is CC=CCSCc1ccc(C(N)=O)cc1[N+](=O)[O-]. The summed E-state index contributed by atoms with van der Waals surface area (Å²) in [7, 11) is 0. The Labute approximate surface area is 109 Å². The maximum Gasteiger partial charge on any atom is 0.274 e. The monoisotopic (exact) mass is 266 g/mol. The molecule has 0 unspecified atom stereocenters. The molecule has 1 amide bonds. The standard InChI is InChI=1S/C12H14N2O3S/c1-2-3-6-18-8-10-5-4-9(12(13)15)7-11(10)14(16)17/h2-5,7H,6,8H2,1H3,(H2,13,15). The molecule has 96 valence electrons. The zero-order valence-electron chi connectivity index (χ0n) is 9.96. The van der Waals surface area contributed by atoms with Crippen molar-refractivity contribution in [2.45, 2.75) is 12.7 Å². The summed E-state index contributed by atoms with van der Waals surface area (Å²) in [4.78, 5) is 21.4. The van der Waals surface area contributed by atoms with Gasteiger partial charge in [-0.3, -0.25) is 14.9 Å². The lowest BCUT2D eigenvalue weighted by Crippen LogP contribution is -2.11. The molecule has 1 aromatic carbocycles. The molecule has 0 saturated carbocycles. The molecule has 0 spiro atoms. The van der Waals surface area contributed by atoms with Crippen molar-refractivity contribution in [2.75, 3.05) is 5.75 Å². The zero-order chi connectivity index (χ0) is 13.5. The van der Waals surface area contributed by atoms with E-state index < -0.39 is 10.8 Å². The van der Waals surface area contributed by atoms with Crippen LogP contribution in [0.15, 0.2) is 30.4 Å². The molecule has 1 aromatic rings. The number of hydrogen-bond acceptors (Lipinski definition) is 4. The van der Waals surface area contributed by atoms with Gasteiger partial charge in [0, 0.05) is 28.7 Å². The van der Waals surface area contributed by atoms with Crippen LogP contribution in [0.25, 0.3) is 0 Å². The molecule has 0 aliphatic rings. The molecule has 0 bridgehead atoms. The summed E-state index contributed by atoms with van der Waals surface area (Å²) in [6.07, 6.45) is 3.91. The van der Waals surface area contributed by atoms with E-state index in [1.165, 1.54) is 12.1 Å². The van der Waals surface area contributed by atoms with Crippen molar-refractivity contribution >= 4 is 23.4 Å².